The number of aryl methyl sites for hydroxylation is 1. The third-order valence-electron chi connectivity index (χ3n) is 7.16. The Balaban J connectivity index is 1.76. The number of hydrogen-bond donors (Lipinski definition) is 0. The maximum Gasteiger partial charge on any atom is 0.460 e. The first-order valence-corrected chi connectivity index (χ1v) is 14.8. The molecule has 0 aliphatic heterocycles. The van der Waals surface area contributed by atoms with Gasteiger partial charge in [0.05, 0.1) is 16.7 Å². The zero-order chi connectivity index (χ0) is 37.3. The summed E-state index contributed by atoms with van der Waals surface area (Å²) in [5.74, 6) is -19.1. The summed E-state index contributed by atoms with van der Waals surface area (Å²) in [6.45, 7) is 1.68. The van der Waals surface area contributed by atoms with E-state index >= 15 is 0 Å². The van der Waals surface area contributed by atoms with E-state index < -0.39 is 79.6 Å². The molecule has 1 saturated carbocycles. The van der Waals surface area contributed by atoms with E-state index in [0.29, 0.717) is 19.9 Å². The third-order valence-corrected chi connectivity index (χ3v) is 8.75. The van der Waals surface area contributed by atoms with E-state index in [2.05, 4.69) is 14.4 Å². The van der Waals surface area contributed by atoms with Crippen LogP contribution in [-0.4, -0.2) is 69.5 Å². The fourth-order valence-electron chi connectivity index (χ4n) is 4.49. The number of amides is 1. The molecule has 1 aliphatic carbocycles. The van der Waals surface area contributed by atoms with Crippen molar-refractivity contribution >= 4 is 27.6 Å². The molecule has 24 heteroatoms. The molecule has 4 rings (SSSR count). The molecule has 2 aromatic heterocycles. The first kappa shape index (κ1) is 37.6. The van der Waals surface area contributed by atoms with Gasteiger partial charge in [-0.25, -0.2) is 0 Å². The molecule has 49 heavy (non-hydrogen) atoms. The van der Waals surface area contributed by atoms with E-state index in [-0.39, 0.29) is 27.4 Å². The van der Waals surface area contributed by atoms with Crippen LogP contribution in [0.25, 0.3) is 22.7 Å². The van der Waals surface area contributed by atoms with Crippen LogP contribution >= 0.6 is 11.6 Å². The Hall–Kier alpha value is -4.20. The first-order chi connectivity index (χ1) is 22.2. The standard InChI is InChI=1S/C25H16ClF12N5O5S/c1-3-43(20(10-39)6-7-20)19(44)12-8-11(4-5-13(12)26)15-9-14(41-47-15)17-16(21(27,28)29)18(40-42(17)2)48-49(45,46)25(37,38)23(32,33)22(30,31)24(34,35)36/h4-5,8-9H,3,6-7H2,1-2H3. The van der Waals surface area contributed by atoms with Crippen LogP contribution in [0.2, 0.25) is 5.02 Å². The summed E-state index contributed by atoms with van der Waals surface area (Å²) in [6, 6.07) is 6.29. The van der Waals surface area contributed by atoms with Gasteiger partial charge in [0.15, 0.2) is 5.76 Å². The van der Waals surface area contributed by atoms with Crippen LogP contribution in [0, 0.1) is 11.3 Å². The van der Waals surface area contributed by atoms with Crippen LogP contribution in [0.1, 0.15) is 35.7 Å². The van der Waals surface area contributed by atoms with Crippen LogP contribution in [0.15, 0.2) is 28.8 Å². The molecule has 1 aromatic carbocycles. The summed E-state index contributed by atoms with van der Waals surface area (Å²) in [4.78, 5) is 14.5. The van der Waals surface area contributed by atoms with Crippen LogP contribution < -0.4 is 4.18 Å². The average molecular weight is 762 g/mol. The second kappa shape index (κ2) is 11.7. The van der Waals surface area contributed by atoms with Gasteiger partial charge >= 0.3 is 39.6 Å². The zero-order valence-corrected chi connectivity index (χ0v) is 25.6. The zero-order valence-electron chi connectivity index (χ0n) is 24.0. The number of benzene rings is 1. The van der Waals surface area contributed by atoms with Crippen molar-refractivity contribution in [2.24, 2.45) is 7.05 Å². The van der Waals surface area contributed by atoms with E-state index in [4.69, 9.17) is 16.1 Å². The molecule has 0 spiro atoms. The molecule has 2 heterocycles. The lowest BCUT2D eigenvalue weighted by Gasteiger charge is -2.32. The fourth-order valence-corrected chi connectivity index (χ4v) is 5.56. The van der Waals surface area contributed by atoms with Gasteiger partial charge in [0.25, 0.3) is 11.8 Å². The summed E-state index contributed by atoms with van der Waals surface area (Å²) in [6.07, 6.45) is -12.6. The minimum absolute atomic E-state index is 0.0633. The Kier molecular flexibility index (Phi) is 8.98. The van der Waals surface area contributed by atoms with Crippen molar-refractivity contribution in [1.29, 1.82) is 5.26 Å². The van der Waals surface area contributed by atoms with Crippen LogP contribution in [0.5, 0.6) is 5.88 Å². The molecule has 268 valence electrons. The maximum atomic E-state index is 14.2. The minimum Gasteiger partial charge on any atom is -0.356 e. The van der Waals surface area contributed by atoms with Gasteiger partial charge in [-0.1, -0.05) is 16.8 Å². The van der Waals surface area contributed by atoms with Crippen molar-refractivity contribution in [3.8, 4) is 34.7 Å². The van der Waals surface area contributed by atoms with Gasteiger partial charge in [-0.15, -0.1) is 5.10 Å². The SMILES string of the molecule is CCN(C(=O)c1cc(-c2cc(-c3c(C(F)(F)F)c(OS(=O)(=O)C(F)(F)C(F)(F)C(F)(F)C(F)(F)F)nn3C)no2)ccc1Cl)C1(C#N)CC1. The number of carbonyl (C=O) groups excluding carboxylic acids is 1. The molecule has 1 aliphatic rings. The topological polar surface area (TPSA) is 131 Å². The summed E-state index contributed by atoms with van der Waals surface area (Å²) < 4.78 is 195. The Morgan fingerprint density at radius 2 is 1.65 bits per heavy atom. The van der Waals surface area contributed by atoms with Crippen LogP contribution in [0.4, 0.5) is 52.7 Å². The first-order valence-electron chi connectivity index (χ1n) is 13.0. The number of aromatic nitrogens is 3. The van der Waals surface area contributed by atoms with E-state index in [0.717, 1.165) is 12.1 Å². The van der Waals surface area contributed by atoms with Gasteiger partial charge in [-0.2, -0.15) is 66.4 Å². The fraction of sp³-hybridized carbons (Fsp3) is 0.440. The molecule has 0 bridgehead atoms. The Bertz CT molecular complexity index is 1950. The predicted octanol–water partition coefficient (Wildman–Crippen LogP) is 7.07. The predicted molar refractivity (Wildman–Crippen MR) is 139 cm³/mol. The number of nitriles is 1. The number of hydrogen-bond acceptors (Lipinski definition) is 8. The smallest absolute Gasteiger partial charge is 0.356 e. The molecular formula is C25H16ClF12N5O5S. The highest BCUT2D eigenvalue weighted by Crippen LogP contribution is 2.55. The van der Waals surface area contributed by atoms with E-state index in [1.54, 1.807) is 6.92 Å². The molecule has 0 saturated heterocycles. The summed E-state index contributed by atoms with van der Waals surface area (Å²) >= 11 is 6.18. The largest absolute Gasteiger partial charge is 0.460 e. The van der Waals surface area contributed by atoms with E-state index in [9.17, 15) is 71.2 Å². The highest BCUT2D eigenvalue weighted by atomic mass is 35.5. The number of rotatable bonds is 10. The second-order valence-electron chi connectivity index (χ2n) is 10.3. The Morgan fingerprint density at radius 3 is 2.14 bits per heavy atom. The summed E-state index contributed by atoms with van der Waals surface area (Å²) in [5, 5.41) is 8.14. The van der Waals surface area contributed by atoms with Crippen LogP contribution in [-0.2, 0) is 23.3 Å². The minimum atomic E-state index is -7.81. The second-order valence-corrected chi connectivity index (χ2v) is 12.3. The van der Waals surface area contributed by atoms with Gasteiger partial charge in [0.2, 0.25) is 0 Å². The number of carbonyl (C=O) groups is 1. The molecule has 0 radical (unpaired) electrons. The monoisotopic (exact) mass is 761 g/mol. The molecule has 0 N–H and O–H groups in total. The van der Waals surface area contributed by atoms with Gasteiger partial charge < -0.3 is 13.6 Å². The third kappa shape index (κ3) is 6.01. The highest BCUT2D eigenvalue weighted by Gasteiger charge is 2.86. The Morgan fingerprint density at radius 1 is 1.06 bits per heavy atom. The molecule has 0 atom stereocenters. The average Bonchev–Trinajstić information content (AvgIpc) is 3.46. The van der Waals surface area contributed by atoms with Gasteiger partial charge in [0.1, 0.15) is 22.5 Å². The number of halogens is 13. The molecule has 10 nitrogen and oxygen atoms in total. The van der Waals surface area contributed by atoms with Crippen molar-refractivity contribution in [3.63, 3.8) is 0 Å². The van der Waals surface area contributed by atoms with E-state index in [1.807, 2.05) is 6.07 Å². The normalized spacial score (nSPS) is 15.6. The lowest BCUT2D eigenvalue weighted by Crippen LogP contribution is -2.63. The maximum absolute atomic E-state index is 14.2. The lowest BCUT2D eigenvalue weighted by atomic mass is 10.1. The molecular weight excluding hydrogens is 746 g/mol. The number of alkyl halides is 12. The van der Waals surface area contributed by atoms with Gasteiger partial charge in [-0.3, -0.25) is 9.48 Å². The van der Waals surface area contributed by atoms with Gasteiger partial charge in [0, 0.05) is 25.2 Å². The highest BCUT2D eigenvalue weighted by molar-refractivity contribution is 7.88. The molecule has 0 unspecified atom stereocenters. The quantitative estimate of drug-likeness (QED) is 0.159. The molecule has 3 aromatic rings. The van der Waals surface area contributed by atoms with E-state index in [1.165, 1.54) is 17.0 Å². The summed E-state index contributed by atoms with van der Waals surface area (Å²) in [7, 11) is -7.20. The van der Waals surface area contributed by atoms with Crippen molar-refractivity contribution in [2.45, 2.75) is 54.8 Å². The molecule has 1 amide bonds. The van der Waals surface area contributed by atoms with Crippen molar-refractivity contribution in [1.82, 2.24) is 19.8 Å². The summed E-state index contributed by atoms with van der Waals surface area (Å²) in [5.41, 5.74) is -6.01. The van der Waals surface area contributed by atoms with Crippen molar-refractivity contribution in [3.05, 3.63) is 40.4 Å². The molecule has 1 fully saturated rings. The van der Waals surface area contributed by atoms with Gasteiger partial charge in [-0.05, 0) is 38.0 Å². The number of nitrogens with zero attached hydrogens (tertiary/aromatic N) is 5. The van der Waals surface area contributed by atoms with Crippen molar-refractivity contribution in [2.75, 3.05) is 6.54 Å². The lowest BCUT2D eigenvalue weighted by molar-refractivity contribution is -0.382. The van der Waals surface area contributed by atoms with Crippen LogP contribution in [0.3, 0.4) is 0 Å². The Labute approximate surface area is 270 Å². The van der Waals surface area contributed by atoms with Crippen molar-refractivity contribution < 1.29 is 74.6 Å².